The van der Waals surface area contributed by atoms with Crippen LogP contribution in [0, 0.1) is 0 Å². The number of hydrogen-bond donors (Lipinski definition) is 6. The average molecular weight is 593 g/mol. The lowest BCUT2D eigenvalue weighted by Crippen LogP contribution is -2.26. The summed E-state index contributed by atoms with van der Waals surface area (Å²) in [7, 11) is 0. The van der Waals surface area contributed by atoms with Gasteiger partial charge in [-0.25, -0.2) is 9.59 Å². The molecule has 0 aromatic heterocycles. The Morgan fingerprint density at radius 1 is 0.591 bits per heavy atom. The van der Waals surface area contributed by atoms with E-state index in [2.05, 4.69) is 10.6 Å². The van der Waals surface area contributed by atoms with E-state index in [0.29, 0.717) is 28.8 Å². The number of phenols is 2. The third-order valence-electron chi connectivity index (χ3n) is 6.93. The van der Waals surface area contributed by atoms with Crippen molar-refractivity contribution in [2.45, 2.75) is 12.3 Å². The van der Waals surface area contributed by atoms with Crippen LogP contribution < -0.4 is 10.6 Å². The van der Waals surface area contributed by atoms with E-state index in [-0.39, 0.29) is 22.9 Å². The van der Waals surface area contributed by atoms with Crippen LogP contribution in [-0.2, 0) is 24.6 Å². The minimum Gasteiger partial charge on any atom is -0.508 e. The van der Waals surface area contributed by atoms with Crippen molar-refractivity contribution in [1.29, 1.82) is 0 Å². The standard InChI is InChI=1S/C34H28N2O8/c1-34(23-9-7-22(8-10-23)21-5-3-2-4-6-21,26-13-11-24(19-28(26)37)35-30(39)15-17-32(41)42)27-14-12-25(20-29(27)38)36-31(40)16-18-33(43)44/h2-20,37-38H,1H3,(H,35,39)(H,36,40)(H,41,42)(H,43,44)/b17-15+,18-16+. The van der Waals surface area contributed by atoms with Crippen molar-refractivity contribution in [1.82, 2.24) is 0 Å². The molecule has 0 aliphatic heterocycles. The molecule has 10 nitrogen and oxygen atoms in total. The molecular weight excluding hydrogens is 564 g/mol. The van der Waals surface area contributed by atoms with Gasteiger partial charge in [-0.15, -0.1) is 0 Å². The molecule has 0 heterocycles. The fourth-order valence-corrected chi connectivity index (χ4v) is 4.81. The first-order chi connectivity index (χ1) is 21.0. The first-order valence-corrected chi connectivity index (χ1v) is 13.2. The van der Waals surface area contributed by atoms with E-state index >= 15 is 0 Å². The molecule has 0 aliphatic carbocycles. The summed E-state index contributed by atoms with van der Waals surface area (Å²) in [5.41, 5.74) is 2.66. The normalized spacial score (nSPS) is 11.4. The van der Waals surface area contributed by atoms with Gasteiger partial charge < -0.3 is 31.1 Å². The Labute approximate surface area is 252 Å². The molecule has 4 aromatic carbocycles. The van der Waals surface area contributed by atoms with E-state index in [9.17, 15) is 29.4 Å². The van der Waals surface area contributed by atoms with Crippen molar-refractivity contribution in [2.24, 2.45) is 0 Å². The number of rotatable bonds is 10. The predicted octanol–water partition coefficient (Wildman–Crippen LogP) is 5.28. The van der Waals surface area contributed by atoms with Gasteiger partial charge in [0.15, 0.2) is 0 Å². The van der Waals surface area contributed by atoms with Crippen molar-refractivity contribution in [3.63, 3.8) is 0 Å². The van der Waals surface area contributed by atoms with Crippen molar-refractivity contribution < 1.29 is 39.6 Å². The number of phenolic OH excluding ortho intramolecular Hbond substituents is 2. The van der Waals surface area contributed by atoms with Crippen molar-refractivity contribution in [3.8, 4) is 22.6 Å². The van der Waals surface area contributed by atoms with E-state index in [1.54, 1.807) is 31.2 Å². The molecule has 4 rings (SSSR count). The zero-order chi connectivity index (χ0) is 31.9. The van der Waals surface area contributed by atoms with Crippen LogP contribution in [0.2, 0.25) is 0 Å². The second-order valence-electron chi connectivity index (χ2n) is 9.85. The van der Waals surface area contributed by atoms with Gasteiger partial charge in [-0.3, -0.25) is 9.59 Å². The topological polar surface area (TPSA) is 173 Å². The maximum Gasteiger partial charge on any atom is 0.328 e. The average Bonchev–Trinajstić information content (AvgIpc) is 2.99. The fraction of sp³-hybridized carbons (Fsp3) is 0.0588. The highest BCUT2D eigenvalue weighted by Crippen LogP contribution is 2.47. The van der Waals surface area contributed by atoms with Crippen LogP contribution in [-0.4, -0.2) is 44.2 Å². The van der Waals surface area contributed by atoms with E-state index in [1.807, 2.05) is 54.6 Å². The van der Waals surface area contributed by atoms with Gasteiger partial charge in [-0.1, -0.05) is 66.7 Å². The summed E-state index contributed by atoms with van der Waals surface area (Å²) in [6.45, 7) is 1.80. The lowest BCUT2D eigenvalue weighted by Gasteiger charge is -2.33. The quantitative estimate of drug-likeness (QED) is 0.107. The van der Waals surface area contributed by atoms with Crippen molar-refractivity contribution in [3.05, 3.63) is 132 Å². The molecule has 0 radical (unpaired) electrons. The van der Waals surface area contributed by atoms with Gasteiger partial charge in [-0.2, -0.15) is 0 Å². The summed E-state index contributed by atoms with van der Waals surface area (Å²) in [6.07, 6.45) is 3.08. The number of anilines is 2. The molecule has 0 atom stereocenters. The maximum absolute atomic E-state index is 12.1. The minimum absolute atomic E-state index is 0.213. The van der Waals surface area contributed by atoms with Crippen LogP contribution >= 0.6 is 0 Å². The summed E-state index contributed by atoms with van der Waals surface area (Å²) < 4.78 is 0. The lowest BCUT2D eigenvalue weighted by molar-refractivity contribution is -0.132. The molecule has 44 heavy (non-hydrogen) atoms. The second kappa shape index (κ2) is 13.2. The molecule has 0 unspecified atom stereocenters. The van der Waals surface area contributed by atoms with Gasteiger partial charge in [0, 0.05) is 64.4 Å². The molecule has 222 valence electrons. The molecule has 2 amide bonds. The molecule has 0 saturated carbocycles. The van der Waals surface area contributed by atoms with E-state index in [1.165, 1.54) is 12.1 Å². The maximum atomic E-state index is 12.1. The molecule has 0 fully saturated rings. The number of aromatic hydroxyl groups is 2. The van der Waals surface area contributed by atoms with Crippen LogP contribution in [0.1, 0.15) is 23.6 Å². The van der Waals surface area contributed by atoms with Gasteiger partial charge in [0.1, 0.15) is 11.5 Å². The molecule has 0 saturated heterocycles. The molecule has 6 N–H and O–H groups in total. The number of carboxylic acid groups (broad SMARTS) is 2. The summed E-state index contributed by atoms with van der Waals surface area (Å²) >= 11 is 0. The third kappa shape index (κ3) is 7.18. The Morgan fingerprint density at radius 3 is 1.43 bits per heavy atom. The zero-order valence-corrected chi connectivity index (χ0v) is 23.4. The second-order valence-corrected chi connectivity index (χ2v) is 9.85. The first-order valence-electron chi connectivity index (χ1n) is 13.2. The highest BCUT2D eigenvalue weighted by Gasteiger charge is 2.36. The SMILES string of the molecule is CC(c1ccc(-c2ccccc2)cc1)(c1ccc(NC(=O)/C=C/C(=O)O)cc1O)c1ccc(NC(=O)/C=C/C(=O)O)cc1O. The van der Waals surface area contributed by atoms with Crippen LogP contribution in [0.15, 0.2) is 115 Å². The predicted molar refractivity (Wildman–Crippen MR) is 164 cm³/mol. The number of carbonyl (C=O) groups excluding carboxylic acids is 2. The molecule has 4 aromatic rings. The summed E-state index contributed by atoms with van der Waals surface area (Å²) in [5.74, 6) is -4.39. The van der Waals surface area contributed by atoms with Crippen LogP contribution in [0.5, 0.6) is 11.5 Å². The van der Waals surface area contributed by atoms with Crippen molar-refractivity contribution >= 4 is 35.1 Å². The molecular formula is C34H28N2O8. The largest absolute Gasteiger partial charge is 0.508 e. The summed E-state index contributed by atoms with van der Waals surface area (Å²) in [5, 5.41) is 44.9. The van der Waals surface area contributed by atoms with Crippen LogP contribution in [0.4, 0.5) is 11.4 Å². The Kier molecular flexibility index (Phi) is 9.25. The van der Waals surface area contributed by atoms with E-state index < -0.39 is 29.2 Å². The van der Waals surface area contributed by atoms with Gasteiger partial charge in [0.25, 0.3) is 0 Å². The van der Waals surface area contributed by atoms with Crippen LogP contribution in [0.25, 0.3) is 11.1 Å². The smallest absolute Gasteiger partial charge is 0.328 e. The third-order valence-corrected chi connectivity index (χ3v) is 6.93. The fourth-order valence-electron chi connectivity index (χ4n) is 4.81. The van der Waals surface area contributed by atoms with E-state index in [4.69, 9.17) is 10.2 Å². The Bertz CT molecular complexity index is 1690. The monoisotopic (exact) mass is 592 g/mol. The number of hydrogen-bond acceptors (Lipinski definition) is 6. The van der Waals surface area contributed by atoms with Gasteiger partial charge in [0.05, 0.1) is 0 Å². The molecule has 0 aliphatic rings. The number of aliphatic carboxylic acids is 2. The van der Waals surface area contributed by atoms with Gasteiger partial charge in [-0.05, 0) is 35.7 Å². The summed E-state index contributed by atoms with van der Waals surface area (Å²) in [4.78, 5) is 45.6. The van der Waals surface area contributed by atoms with Gasteiger partial charge in [0.2, 0.25) is 11.8 Å². The zero-order valence-electron chi connectivity index (χ0n) is 23.4. The van der Waals surface area contributed by atoms with Crippen LogP contribution in [0.3, 0.4) is 0 Å². The number of benzene rings is 4. The lowest BCUT2D eigenvalue weighted by atomic mass is 9.70. The van der Waals surface area contributed by atoms with E-state index in [0.717, 1.165) is 23.3 Å². The summed E-state index contributed by atoms with van der Waals surface area (Å²) in [6, 6.07) is 26.2. The number of amides is 2. The number of carbonyl (C=O) groups is 4. The Hall–Kier alpha value is -6.16. The first kappa shape index (κ1) is 30.8. The molecule has 0 spiro atoms. The Morgan fingerprint density at radius 2 is 1.02 bits per heavy atom. The minimum atomic E-state index is -1.28. The highest BCUT2D eigenvalue weighted by molar-refractivity contribution is 6.03. The number of carboxylic acids is 2. The Balaban J connectivity index is 1.77. The van der Waals surface area contributed by atoms with Crippen molar-refractivity contribution in [2.75, 3.05) is 10.6 Å². The van der Waals surface area contributed by atoms with Gasteiger partial charge >= 0.3 is 11.9 Å². The molecule has 0 bridgehead atoms. The highest BCUT2D eigenvalue weighted by atomic mass is 16.4. The number of nitrogens with one attached hydrogen (secondary N) is 2. The molecule has 10 heteroatoms.